The van der Waals surface area contributed by atoms with E-state index >= 15 is 0 Å². The number of esters is 1. The van der Waals surface area contributed by atoms with E-state index in [2.05, 4.69) is 0 Å². The lowest BCUT2D eigenvalue weighted by Crippen LogP contribution is -2.03. The number of hydrogen-bond donors (Lipinski definition) is 0. The molecule has 0 aliphatic heterocycles. The molecule has 5 heteroatoms. The number of methoxy groups -OCH3 is 1. The molecule has 1 aromatic carbocycles. The molecule has 0 N–H and O–H groups in total. The predicted octanol–water partition coefficient (Wildman–Crippen LogP) is 2.93. The van der Waals surface area contributed by atoms with Crippen LogP contribution in [0.1, 0.15) is 6.92 Å². The second-order valence-electron chi connectivity index (χ2n) is 2.51. The topological polar surface area (TPSA) is 35.5 Å². The Bertz CT molecular complexity index is 363. The minimum atomic E-state index is -0.457. The van der Waals surface area contributed by atoms with Crippen LogP contribution in [0.3, 0.4) is 0 Å². The fraction of sp³-hybridized carbons (Fsp3) is 0.222. The highest BCUT2D eigenvalue weighted by molar-refractivity contribution is 6.35. The first-order valence-electron chi connectivity index (χ1n) is 3.76. The Morgan fingerprint density at radius 2 is 2.00 bits per heavy atom. The number of benzene rings is 1. The maximum absolute atomic E-state index is 10.7. The molecule has 0 fully saturated rings. The van der Waals surface area contributed by atoms with Crippen LogP contribution in [-0.2, 0) is 4.79 Å². The molecule has 0 aliphatic rings. The van der Waals surface area contributed by atoms with Crippen molar-refractivity contribution in [2.24, 2.45) is 0 Å². The van der Waals surface area contributed by atoms with Crippen LogP contribution in [0.5, 0.6) is 11.5 Å². The van der Waals surface area contributed by atoms with Crippen molar-refractivity contribution in [3.8, 4) is 11.5 Å². The summed E-state index contributed by atoms with van der Waals surface area (Å²) in [7, 11) is 1.43. The van der Waals surface area contributed by atoms with Gasteiger partial charge in [0.2, 0.25) is 0 Å². The van der Waals surface area contributed by atoms with E-state index in [1.807, 2.05) is 0 Å². The second kappa shape index (κ2) is 4.53. The van der Waals surface area contributed by atoms with E-state index in [1.54, 1.807) is 0 Å². The van der Waals surface area contributed by atoms with Crippen molar-refractivity contribution in [1.29, 1.82) is 0 Å². The van der Waals surface area contributed by atoms with Gasteiger partial charge in [-0.15, -0.1) is 0 Å². The average Bonchev–Trinajstić information content (AvgIpc) is 2.01. The van der Waals surface area contributed by atoms with Gasteiger partial charge in [-0.25, -0.2) is 0 Å². The Labute approximate surface area is 91.5 Å². The number of carbonyl (C=O) groups excluding carboxylic acids is 1. The summed E-state index contributed by atoms with van der Waals surface area (Å²) >= 11 is 11.5. The highest BCUT2D eigenvalue weighted by atomic mass is 35.5. The number of rotatable bonds is 2. The minimum absolute atomic E-state index is 0.220. The standard InChI is InChI=1S/C9H8Cl2O3/c1-5(12)14-8-4-6(10)3-7(11)9(8)13-2/h3-4H,1-2H3. The van der Waals surface area contributed by atoms with Gasteiger partial charge >= 0.3 is 5.97 Å². The lowest BCUT2D eigenvalue weighted by atomic mass is 10.3. The molecule has 3 nitrogen and oxygen atoms in total. The van der Waals surface area contributed by atoms with Crippen molar-refractivity contribution >= 4 is 29.2 Å². The molecule has 76 valence electrons. The predicted molar refractivity (Wildman–Crippen MR) is 54.3 cm³/mol. The summed E-state index contributed by atoms with van der Waals surface area (Å²) in [5.74, 6) is 0.0606. The molecule has 0 heterocycles. The molecule has 0 radical (unpaired) electrons. The van der Waals surface area contributed by atoms with Crippen LogP contribution >= 0.6 is 23.2 Å². The van der Waals surface area contributed by atoms with E-state index in [9.17, 15) is 4.79 Å². The lowest BCUT2D eigenvalue weighted by Gasteiger charge is -2.09. The van der Waals surface area contributed by atoms with Gasteiger partial charge in [-0.3, -0.25) is 4.79 Å². The van der Waals surface area contributed by atoms with E-state index in [0.29, 0.717) is 15.8 Å². The molecular formula is C9H8Cl2O3. The molecule has 0 spiro atoms. The molecular weight excluding hydrogens is 227 g/mol. The quantitative estimate of drug-likeness (QED) is 0.584. The third-order valence-corrected chi connectivity index (χ3v) is 1.93. The highest BCUT2D eigenvalue weighted by Crippen LogP contribution is 2.37. The summed E-state index contributed by atoms with van der Waals surface area (Å²) in [5.41, 5.74) is 0. The molecule has 0 aliphatic carbocycles. The van der Waals surface area contributed by atoms with Crippen LogP contribution in [0, 0.1) is 0 Å². The molecule has 0 saturated heterocycles. The third-order valence-electron chi connectivity index (χ3n) is 1.43. The zero-order valence-electron chi connectivity index (χ0n) is 7.64. The first-order valence-corrected chi connectivity index (χ1v) is 4.51. The van der Waals surface area contributed by atoms with Crippen molar-refractivity contribution < 1.29 is 14.3 Å². The van der Waals surface area contributed by atoms with Crippen LogP contribution < -0.4 is 9.47 Å². The van der Waals surface area contributed by atoms with E-state index in [1.165, 1.54) is 26.2 Å². The highest BCUT2D eigenvalue weighted by Gasteiger charge is 2.12. The number of ether oxygens (including phenoxy) is 2. The van der Waals surface area contributed by atoms with Gasteiger partial charge < -0.3 is 9.47 Å². The summed E-state index contributed by atoms with van der Waals surface area (Å²) in [6, 6.07) is 2.97. The Hall–Kier alpha value is -0.930. The van der Waals surface area contributed by atoms with Gasteiger partial charge in [0.25, 0.3) is 0 Å². The summed E-state index contributed by atoms with van der Waals surface area (Å²) in [5, 5.41) is 0.684. The maximum atomic E-state index is 10.7. The molecule has 1 aromatic rings. The van der Waals surface area contributed by atoms with Crippen molar-refractivity contribution in [1.82, 2.24) is 0 Å². The second-order valence-corrected chi connectivity index (χ2v) is 3.36. The van der Waals surface area contributed by atoms with E-state index in [0.717, 1.165) is 0 Å². The fourth-order valence-electron chi connectivity index (χ4n) is 0.966. The van der Waals surface area contributed by atoms with Gasteiger partial charge in [0.05, 0.1) is 12.1 Å². The third kappa shape index (κ3) is 2.53. The zero-order valence-corrected chi connectivity index (χ0v) is 9.15. The molecule has 0 atom stereocenters. The monoisotopic (exact) mass is 234 g/mol. The van der Waals surface area contributed by atoms with Gasteiger partial charge in [0.15, 0.2) is 11.5 Å². The van der Waals surface area contributed by atoms with Gasteiger partial charge in [0.1, 0.15) is 0 Å². The van der Waals surface area contributed by atoms with Crippen molar-refractivity contribution in [2.45, 2.75) is 6.92 Å². The summed E-state index contributed by atoms with van der Waals surface area (Å²) in [4.78, 5) is 10.7. The molecule has 0 bridgehead atoms. The van der Waals surface area contributed by atoms with Crippen LogP contribution in [0.4, 0.5) is 0 Å². The number of carbonyl (C=O) groups is 1. The van der Waals surface area contributed by atoms with Crippen LogP contribution in [0.15, 0.2) is 12.1 Å². The van der Waals surface area contributed by atoms with E-state index in [-0.39, 0.29) is 5.75 Å². The average molecular weight is 235 g/mol. The number of hydrogen-bond acceptors (Lipinski definition) is 3. The van der Waals surface area contributed by atoms with Crippen LogP contribution in [-0.4, -0.2) is 13.1 Å². The maximum Gasteiger partial charge on any atom is 0.308 e. The van der Waals surface area contributed by atoms with Gasteiger partial charge in [-0.05, 0) is 6.07 Å². The summed E-state index contributed by atoms with van der Waals surface area (Å²) < 4.78 is 9.83. The largest absolute Gasteiger partial charge is 0.491 e. The Morgan fingerprint density at radius 3 is 2.50 bits per heavy atom. The lowest BCUT2D eigenvalue weighted by molar-refractivity contribution is -0.132. The van der Waals surface area contributed by atoms with Crippen LogP contribution in [0.2, 0.25) is 10.0 Å². The Kier molecular flexibility index (Phi) is 3.61. The van der Waals surface area contributed by atoms with Crippen molar-refractivity contribution in [3.63, 3.8) is 0 Å². The normalized spacial score (nSPS) is 9.71. The molecule has 0 unspecified atom stereocenters. The SMILES string of the molecule is COc1c(Cl)cc(Cl)cc1OC(C)=O. The Balaban J connectivity index is 3.17. The fourth-order valence-corrected chi connectivity index (χ4v) is 1.52. The van der Waals surface area contributed by atoms with Crippen molar-refractivity contribution in [2.75, 3.05) is 7.11 Å². The van der Waals surface area contributed by atoms with Crippen LogP contribution in [0.25, 0.3) is 0 Å². The zero-order chi connectivity index (χ0) is 10.7. The number of halogens is 2. The first-order chi connectivity index (χ1) is 6.54. The van der Waals surface area contributed by atoms with Crippen molar-refractivity contribution in [3.05, 3.63) is 22.2 Å². The molecule has 0 saturated carbocycles. The summed E-state index contributed by atoms with van der Waals surface area (Å²) in [6.45, 7) is 1.29. The first kappa shape index (κ1) is 11.1. The van der Waals surface area contributed by atoms with Gasteiger partial charge in [0, 0.05) is 18.0 Å². The van der Waals surface area contributed by atoms with E-state index in [4.69, 9.17) is 32.7 Å². The molecule has 14 heavy (non-hydrogen) atoms. The van der Waals surface area contributed by atoms with Gasteiger partial charge in [-0.1, -0.05) is 23.2 Å². The smallest absolute Gasteiger partial charge is 0.308 e. The van der Waals surface area contributed by atoms with Gasteiger partial charge in [-0.2, -0.15) is 0 Å². The summed E-state index contributed by atoms with van der Waals surface area (Å²) in [6.07, 6.45) is 0. The Morgan fingerprint density at radius 1 is 1.36 bits per heavy atom. The molecule has 1 rings (SSSR count). The van der Waals surface area contributed by atoms with E-state index < -0.39 is 5.97 Å². The molecule has 0 aromatic heterocycles. The minimum Gasteiger partial charge on any atom is -0.491 e. The molecule has 0 amide bonds.